The normalized spacial score (nSPS) is 26.4. The van der Waals surface area contributed by atoms with Crippen molar-refractivity contribution in [1.82, 2.24) is 4.90 Å². The third-order valence-electron chi connectivity index (χ3n) is 5.05. The Morgan fingerprint density at radius 3 is 2.19 bits per heavy atom. The van der Waals surface area contributed by atoms with Crippen molar-refractivity contribution in [3.05, 3.63) is 71.8 Å². The van der Waals surface area contributed by atoms with Gasteiger partial charge in [-0.1, -0.05) is 60.7 Å². The van der Waals surface area contributed by atoms with E-state index in [1.54, 1.807) is 6.92 Å². The molecule has 1 amide bonds. The predicted octanol–water partition coefficient (Wildman–Crippen LogP) is 2.95. The van der Waals surface area contributed by atoms with Gasteiger partial charge in [-0.3, -0.25) is 4.79 Å². The first-order valence-electron chi connectivity index (χ1n) is 8.79. The van der Waals surface area contributed by atoms with E-state index in [0.29, 0.717) is 6.42 Å². The molecule has 6 heteroatoms. The summed E-state index contributed by atoms with van der Waals surface area (Å²) >= 11 is 1.36. The van der Waals surface area contributed by atoms with Crippen LogP contribution in [0.15, 0.2) is 60.7 Å². The lowest BCUT2D eigenvalue weighted by atomic mass is 9.97. The molecule has 0 radical (unpaired) electrons. The smallest absolute Gasteiger partial charge is 0.331 e. The van der Waals surface area contributed by atoms with Gasteiger partial charge in [0.1, 0.15) is 11.0 Å². The maximum Gasteiger partial charge on any atom is 0.331 e. The number of benzene rings is 2. The summed E-state index contributed by atoms with van der Waals surface area (Å²) in [4.78, 5) is 38.4. The van der Waals surface area contributed by atoms with Gasteiger partial charge in [-0.15, -0.1) is 11.8 Å². The van der Waals surface area contributed by atoms with E-state index >= 15 is 0 Å². The zero-order valence-corrected chi connectivity index (χ0v) is 15.6. The molecule has 3 atom stereocenters. The van der Waals surface area contributed by atoms with E-state index in [2.05, 4.69) is 0 Å². The Labute approximate surface area is 161 Å². The van der Waals surface area contributed by atoms with Gasteiger partial charge in [-0.2, -0.15) is 0 Å². The van der Waals surface area contributed by atoms with Crippen LogP contribution in [0.3, 0.4) is 0 Å². The summed E-state index contributed by atoms with van der Waals surface area (Å²) in [5.74, 6) is -0.665. The molecule has 5 nitrogen and oxygen atoms in total. The first kappa shape index (κ1) is 17.8. The third kappa shape index (κ3) is 3.04. The number of rotatable bonds is 5. The Morgan fingerprint density at radius 1 is 1.15 bits per heavy atom. The molecule has 27 heavy (non-hydrogen) atoms. The summed E-state index contributed by atoms with van der Waals surface area (Å²) in [6.45, 7) is 1.70. The minimum atomic E-state index is -0.994. The summed E-state index contributed by atoms with van der Waals surface area (Å²) in [6.07, 6.45) is 0.518. The van der Waals surface area contributed by atoms with Crippen LogP contribution in [0.4, 0.5) is 0 Å². The Morgan fingerprint density at radius 2 is 1.70 bits per heavy atom. The molecule has 0 saturated carbocycles. The van der Waals surface area contributed by atoms with E-state index < -0.39 is 22.9 Å². The highest BCUT2D eigenvalue weighted by atomic mass is 32.2. The van der Waals surface area contributed by atoms with Gasteiger partial charge in [-0.25, -0.2) is 4.79 Å². The number of amides is 1. The number of hydrogen-bond acceptors (Lipinski definition) is 5. The molecule has 2 aliphatic rings. The molecule has 0 N–H and O–H groups in total. The van der Waals surface area contributed by atoms with Gasteiger partial charge >= 0.3 is 5.97 Å². The van der Waals surface area contributed by atoms with Gasteiger partial charge in [0.15, 0.2) is 12.1 Å². The van der Waals surface area contributed by atoms with Crippen molar-refractivity contribution in [2.24, 2.45) is 0 Å². The predicted molar refractivity (Wildman–Crippen MR) is 102 cm³/mol. The van der Waals surface area contributed by atoms with Gasteiger partial charge in [0.25, 0.3) is 0 Å². The van der Waals surface area contributed by atoms with Gasteiger partial charge in [0, 0.05) is 0 Å². The molecule has 2 fully saturated rings. The number of fused-ring (bicyclic) bond motifs is 1. The molecule has 2 saturated heterocycles. The molecule has 2 aromatic carbocycles. The molecule has 0 spiro atoms. The third-order valence-corrected chi connectivity index (χ3v) is 6.55. The molecular weight excluding hydrogens is 362 g/mol. The Hall–Kier alpha value is -2.60. The monoisotopic (exact) mass is 381 g/mol. The molecular formula is C21H19NO4S. The number of thioether (sulfide) groups is 1. The molecule has 0 aromatic heterocycles. The highest BCUT2D eigenvalue weighted by molar-refractivity contribution is 8.02. The standard InChI is InChI=1S/C21H19NO4S/c1-21(13-23)19(22-16(24)12-17(22)27-21)20(25)26-18(14-8-4-2-5-9-14)15-10-6-3-7-11-15/h2-11,13,17-19H,12H2,1H3/t17?,19?,21-/m0/s1. The fraction of sp³-hybridized carbons (Fsp3) is 0.286. The van der Waals surface area contributed by atoms with Gasteiger partial charge in [0.2, 0.25) is 5.91 Å². The number of aldehydes is 1. The number of nitrogens with zero attached hydrogens (tertiary/aromatic N) is 1. The number of carbonyl (C=O) groups excluding carboxylic acids is 3. The molecule has 0 bridgehead atoms. The summed E-state index contributed by atoms with van der Waals surface area (Å²) < 4.78 is 4.91. The molecule has 4 rings (SSSR count). The number of β-lactam (4-membered cyclic amide) rings is 1. The largest absolute Gasteiger partial charge is 0.451 e. The molecule has 138 valence electrons. The molecule has 2 heterocycles. The Kier molecular flexibility index (Phi) is 4.52. The van der Waals surface area contributed by atoms with Crippen LogP contribution in [0.2, 0.25) is 0 Å². The van der Waals surface area contributed by atoms with E-state index in [1.807, 2.05) is 60.7 Å². The van der Waals surface area contributed by atoms with Gasteiger partial charge < -0.3 is 14.4 Å². The number of carbonyl (C=O) groups is 3. The maximum atomic E-state index is 13.1. The van der Waals surface area contributed by atoms with E-state index in [9.17, 15) is 14.4 Å². The van der Waals surface area contributed by atoms with Crippen molar-refractivity contribution in [3.63, 3.8) is 0 Å². The van der Waals surface area contributed by atoms with Crippen LogP contribution in [0, 0.1) is 0 Å². The Bertz CT molecular complexity index is 833. The molecule has 2 aliphatic heterocycles. The second kappa shape index (κ2) is 6.85. The van der Waals surface area contributed by atoms with Crippen molar-refractivity contribution in [2.75, 3.05) is 0 Å². The number of ether oxygens (including phenoxy) is 1. The topological polar surface area (TPSA) is 63.7 Å². The molecule has 2 unspecified atom stereocenters. The van der Waals surface area contributed by atoms with Crippen LogP contribution >= 0.6 is 11.8 Å². The number of esters is 1. The molecule has 2 aromatic rings. The van der Waals surface area contributed by atoms with Gasteiger partial charge in [0.05, 0.1) is 11.8 Å². The summed E-state index contributed by atoms with van der Waals surface area (Å²) in [7, 11) is 0. The van der Waals surface area contributed by atoms with Crippen molar-refractivity contribution >= 4 is 29.9 Å². The lowest BCUT2D eigenvalue weighted by molar-refractivity contribution is -0.164. The van der Waals surface area contributed by atoms with Crippen LogP contribution < -0.4 is 0 Å². The zero-order valence-electron chi connectivity index (χ0n) is 14.8. The van der Waals surface area contributed by atoms with Crippen molar-refractivity contribution < 1.29 is 19.1 Å². The highest BCUT2D eigenvalue weighted by Gasteiger charge is 2.61. The summed E-state index contributed by atoms with van der Waals surface area (Å²) in [6, 6.07) is 18.0. The highest BCUT2D eigenvalue weighted by Crippen LogP contribution is 2.50. The first-order valence-corrected chi connectivity index (χ1v) is 9.67. The lowest BCUT2D eigenvalue weighted by Crippen LogP contribution is -2.58. The average Bonchev–Trinajstić information content (AvgIpc) is 2.95. The van der Waals surface area contributed by atoms with Crippen LogP contribution in [-0.2, 0) is 19.1 Å². The van der Waals surface area contributed by atoms with E-state index in [1.165, 1.54) is 16.7 Å². The van der Waals surface area contributed by atoms with Crippen LogP contribution in [0.1, 0.15) is 30.6 Å². The quantitative estimate of drug-likeness (QED) is 0.453. The summed E-state index contributed by atoms with van der Waals surface area (Å²) in [5, 5.41) is -0.128. The van der Waals surface area contributed by atoms with E-state index in [4.69, 9.17) is 4.74 Å². The van der Waals surface area contributed by atoms with E-state index in [-0.39, 0.29) is 11.3 Å². The minimum Gasteiger partial charge on any atom is -0.451 e. The van der Waals surface area contributed by atoms with Crippen LogP contribution in [-0.4, -0.2) is 39.2 Å². The number of hydrogen-bond donors (Lipinski definition) is 0. The second-order valence-electron chi connectivity index (χ2n) is 6.92. The zero-order chi connectivity index (χ0) is 19.0. The second-order valence-corrected chi connectivity index (χ2v) is 8.58. The van der Waals surface area contributed by atoms with Crippen LogP contribution in [0.5, 0.6) is 0 Å². The lowest BCUT2D eigenvalue weighted by Gasteiger charge is -2.37. The minimum absolute atomic E-state index is 0.115. The fourth-order valence-electron chi connectivity index (χ4n) is 3.65. The van der Waals surface area contributed by atoms with Crippen molar-refractivity contribution in [3.8, 4) is 0 Å². The Balaban J connectivity index is 1.66. The maximum absolute atomic E-state index is 13.1. The SMILES string of the molecule is C[C@@]1(C=O)SC2CC(=O)N2C1C(=O)OC(c1ccccc1)c1ccccc1. The summed E-state index contributed by atoms with van der Waals surface area (Å²) in [5.41, 5.74) is 1.67. The van der Waals surface area contributed by atoms with Gasteiger partial charge in [-0.05, 0) is 18.1 Å². The van der Waals surface area contributed by atoms with Crippen molar-refractivity contribution in [1.29, 1.82) is 0 Å². The van der Waals surface area contributed by atoms with Crippen molar-refractivity contribution in [2.45, 2.75) is 35.6 Å². The first-order chi connectivity index (χ1) is 13.0. The fourth-order valence-corrected chi connectivity index (χ4v) is 5.21. The average molecular weight is 381 g/mol. The molecule has 0 aliphatic carbocycles. The van der Waals surface area contributed by atoms with Crippen LogP contribution in [0.25, 0.3) is 0 Å². The van der Waals surface area contributed by atoms with E-state index in [0.717, 1.165) is 17.4 Å².